The Morgan fingerprint density at radius 2 is 1.73 bits per heavy atom. The summed E-state index contributed by atoms with van der Waals surface area (Å²) >= 11 is 0. The van der Waals surface area contributed by atoms with Crippen LogP contribution in [0.4, 0.5) is 0 Å². The standard InChI is InChI=1S/C25H39NO7/c1-14-11-18-21(17(24(30)33-18)13-26-9-7-5-6-8-10-26)23(32-16(3)28)25(4)20(29)12-19(22(14)25)31-15(2)27/h14,17-23,29H,5-13H2,1-4H3/t14-,17+,18+,19+,20+,21-,22-,23+,25-/m1/s1. The summed E-state index contributed by atoms with van der Waals surface area (Å²) in [5.41, 5.74) is -0.852. The first kappa shape index (κ1) is 24.5. The van der Waals surface area contributed by atoms with Gasteiger partial charge in [-0.3, -0.25) is 14.4 Å². The van der Waals surface area contributed by atoms with Gasteiger partial charge in [0.2, 0.25) is 0 Å². The van der Waals surface area contributed by atoms with Gasteiger partial charge in [-0.1, -0.05) is 26.7 Å². The molecular formula is C25H39NO7. The maximum Gasteiger partial charge on any atom is 0.311 e. The van der Waals surface area contributed by atoms with E-state index in [0.717, 1.165) is 25.9 Å². The van der Waals surface area contributed by atoms with E-state index in [4.69, 9.17) is 14.2 Å². The van der Waals surface area contributed by atoms with Crippen LogP contribution in [0.15, 0.2) is 0 Å². The van der Waals surface area contributed by atoms with Gasteiger partial charge in [-0.25, -0.2) is 0 Å². The minimum atomic E-state index is -0.852. The molecule has 0 aromatic carbocycles. The van der Waals surface area contributed by atoms with Gasteiger partial charge in [0.05, 0.1) is 12.0 Å². The molecule has 2 saturated carbocycles. The summed E-state index contributed by atoms with van der Waals surface area (Å²) in [5.74, 6) is -2.01. The molecule has 33 heavy (non-hydrogen) atoms. The summed E-state index contributed by atoms with van der Waals surface area (Å²) < 4.78 is 17.6. The normalized spacial score (nSPS) is 43.6. The molecule has 0 aromatic rings. The molecule has 0 bridgehead atoms. The number of hydrogen-bond donors (Lipinski definition) is 1. The molecule has 0 spiro atoms. The fraction of sp³-hybridized carbons (Fsp3) is 0.880. The van der Waals surface area contributed by atoms with Crippen molar-refractivity contribution in [2.24, 2.45) is 29.1 Å². The highest BCUT2D eigenvalue weighted by Gasteiger charge is 2.67. The van der Waals surface area contributed by atoms with Crippen LogP contribution in [0, 0.1) is 29.1 Å². The van der Waals surface area contributed by atoms with Crippen molar-refractivity contribution < 1.29 is 33.7 Å². The number of ether oxygens (including phenoxy) is 3. The summed E-state index contributed by atoms with van der Waals surface area (Å²) in [6.07, 6.45) is 3.15. The maximum absolute atomic E-state index is 13.1. The number of likely N-dealkylation sites (tertiary alicyclic amines) is 1. The zero-order valence-electron chi connectivity index (χ0n) is 20.3. The van der Waals surface area contributed by atoms with Crippen molar-refractivity contribution in [3.05, 3.63) is 0 Å². The molecule has 8 nitrogen and oxygen atoms in total. The summed E-state index contributed by atoms with van der Waals surface area (Å²) in [7, 11) is 0. The van der Waals surface area contributed by atoms with Crippen molar-refractivity contribution in [3.8, 4) is 0 Å². The number of esters is 3. The molecule has 186 valence electrons. The van der Waals surface area contributed by atoms with Crippen molar-refractivity contribution in [2.75, 3.05) is 19.6 Å². The summed E-state index contributed by atoms with van der Waals surface area (Å²) in [5, 5.41) is 11.3. The number of fused-ring (bicyclic) bond motifs is 2. The zero-order chi connectivity index (χ0) is 23.9. The van der Waals surface area contributed by atoms with E-state index in [9.17, 15) is 19.5 Å². The topological polar surface area (TPSA) is 102 Å². The van der Waals surface area contributed by atoms with Crippen LogP contribution in [0.1, 0.15) is 66.2 Å². The Kier molecular flexibility index (Phi) is 7.06. The number of nitrogens with zero attached hydrogens (tertiary/aromatic N) is 1. The Bertz CT molecular complexity index is 764. The van der Waals surface area contributed by atoms with E-state index in [1.54, 1.807) is 0 Å². The summed E-state index contributed by atoms with van der Waals surface area (Å²) in [6.45, 7) is 9.22. The van der Waals surface area contributed by atoms with E-state index >= 15 is 0 Å². The monoisotopic (exact) mass is 465 g/mol. The smallest absolute Gasteiger partial charge is 0.311 e. The molecule has 2 aliphatic carbocycles. The van der Waals surface area contributed by atoms with Crippen LogP contribution in [-0.4, -0.2) is 72.0 Å². The molecule has 4 aliphatic rings. The van der Waals surface area contributed by atoms with Crippen LogP contribution in [0.25, 0.3) is 0 Å². The molecule has 2 saturated heterocycles. The lowest BCUT2D eigenvalue weighted by Gasteiger charge is -2.44. The van der Waals surface area contributed by atoms with Crippen molar-refractivity contribution in [1.29, 1.82) is 0 Å². The first-order valence-electron chi connectivity index (χ1n) is 12.6. The Balaban J connectivity index is 1.71. The van der Waals surface area contributed by atoms with Gasteiger partial charge in [0, 0.05) is 44.1 Å². The van der Waals surface area contributed by atoms with Crippen LogP contribution in [0.5, 0.6) is 0 Å². The molecule has 1 N–H and O–H groups in total. The summed E-state index contributed by atoms with van der Waals surface area (Å²) in [4.78, 5) is 39.6. The number of carbonyl (C=O) groups excluding carboxylic acids is 3. The lowest BCUT2D eigenvalue weighted by atomic mass is 9.66. The molecule has 0 unspecified atom stereocenters. The van der Waals surface area contributed by atoms with Crippen LogP contribution in [0.3, 0.4) is 0 Å². The predicted molar refractivity (Wildman–Crippen MR) is 119 cm³/mol. The minimum Gasteiger partial charge on any atom is -0.462 e. The first-order valence-corrected chi connectivity index (χ1v) is 12.6. The second kappa shape index (κ2) is 9.53. The average Bonchev–Trinajstić information content (AvgIpc) is 2.97. The summed E-state index contributed by atoms with van der Waals surface area (Å²) in [6, 6.07) is 0. The third-order valence-electron chi connectivity index (χ3n) is 8.70. The highest BCUT2D eigenvalue weighted by Crippen LogP contribution is 2.59. The zero-order valence-corrected chi connectivity index (χ0v) is 20.3. The van der Waals surface area contributed by atoms with E-state index in [2.05, 4.69) is 11.8 Å². The molecule has 2 aliphatic heterocycles. The predicted octanol–water partition coefficient (Wildman–Crippen LogP) is 2.31. The second-order valence-electron chi connectivity index (χ2n) is 10.9. The molecule has 0 aromatic heterocycles. The third kappa shape index (κ3) is 4.53. The molecule has 0 radical (unpaired) electrons. The van der Waals surface area contributed by atoms with E-state index < -0.39 is 35.6 Å². The number of rotatable bonds is 4. The van der Waals surface area contributed by atoms with E-state index in [-0.39, 0.29) is 35.8 Å². The Labute approximate surface area is 196 Å². The van der Waals surface area contributed by atoms with Gasteiger partial charge in [0.15, 0.2) is 0 Å². The number of aliphatic hydroxyl groups excluding tert-OH is 1. The molecule has 0 amide bonds. The number of aliphatic hydroxyl groups is 1. The van der Waals surface area contributed by atoms with Crippen molar-refractivity contribution >= 4 is 17.9 Å². The third-order valence-corrected chi connectivity index (χ3v) is 8.70. The van der Waals surface area contributed by atoms with Crippen molar-refractivity contribution in [1.82, 2.24) is 4.90 Å². The largest absolute Gasteiger partial charge is 0.462 e. The lowest BCUT2D eigenvalue weighted by Crippen LogP contribution is -2.53. The fourth-order valence-corrected chi connectivity index (χ4v) is 7.38. The fourth-order valence-electron chi connectivity index (χ4n) is 7.38. The van der Waals surface area contributed by atoms with Gasteiger partial charge in [0.25, 0.3) is 0 Å². The van der Waals surface area contributed by atoms with E-state index in [0.29, 0.717) is 19.4 Å². The van der Waals surface area contributed by atoms with Gasteiger partial charge < -0.3 is 24.2 Å². The van der Waals surface area contributed by atoms with Gasteiger partial charge >= 0.3 is 17.9 Å². The van der Waals surface area contributed by atoms with Crippen molar-refractivity contribution in [2.45, 2.75) is 90.6 Å². The second-order valence-corrected chi connectivity index (χ2v) is 10.9. The van der Waals surface area contributed by atoms with E-state index in [1.165, 1.54) is 26.7 Å². The highest BCUT2D eigenvalue weighted by atomic mass is 16.6. The Morgan fingerprint density at radius 1 is 1.09 bits per heavy atom. The molecule has 2 heterocycles. The quantitative estimate of drug-likeness (QED) is 0.499. The Hall–Kier alpha value is -1.67. The van der Waals surface area contributed by atoms with Gasteiger partial charge in [0.1, 0.15) is 18.3 Å². The number of carbonyl (C=O) groups is 3. The average molecular weight is 466 g/mol. The van der Waals surface area contributed by atoms with Crippen LogP contribution < -0.4 is 0 Å². The number of hydrogen-bond acceptors (Lipinski definition) is 8. The van der Waals surface area contributed by atoms with Crippen LogP contribution >= 0.6 is 0 Å². The van der Waals surface area contributed by atoms with Crippen molar-refractivity contribution in [3.63, 3.8) is 0 Å². The van der Waals surface area contributed by atoms with Crippen LogP contribution in [-0.2, 0) is 28.6 Å². The minimum absolute atomic E-state index is 0.00861. The molecule has 8 heteroatoms. The van der Waals surface area contributed by atoms with Gasteiger partial charge in [-0.15, -0.1) is 0 Å². The van der Waals surface area contributed by atoms with Gasteiger partial charge in [-0.05, 0) is 38.3 Å². The SMILES string of the molecule is CC(=O)O[C@H]1C[C@H](O)[C@]2(C)[C@@H]1[C@H](C)C[C@@H]1OC(=O)[C@@H](CN3CCCCCC3)[C@H]1[C@@H]2OC(C)=O. The first-order chi connectivity index (χ1) is 15.6. The molecule has 9 atom stereocenters. The highest BCUT2D eigenvalue weighted by molar-refractivity contribution is 5.76. The van der Waals surface area contributed by atoms with E-state index in [1.807, 2.05) is 6.92 Å². The molecule has 4 fully saturated rings. The molecular weight excluding hydrogens is 426 g/mol. The lowest BCUT2D eigenvalue weighted by molar-refractivity contribution is -0.174. The van der Waals surface area contributed by atoms with Crippen LogP contribution in [0.2, 0.25) is 0 Å². The maximum atomic E-state index is 13.1. The molecule has 4 rings (SSSR count). The van der Waals surface area contributed by atoms with Gasteiger partial charge in [-0.2, -0.15) is 0 Å². The Morgan fingerprint density at radius 3 is 2.33 bits per heavy atom.